The van der Waals surface area contributed by atoms with Crippen LogP contribution < -0.4 is 5.32 Å². The minimum Gasteiger partial charge on any atom is -0.444 e. The molecule has 1 aromatic carbocycles. The molecule has 3 rings (SSSR count). The Balaban J connectivity index is 1.76. The molecule has 1 N–H and O–H groups in total. The quantitative estimate of drug-likeness (QED) is 0.825. The van der Waals surface area contributed by atoms with Gasteiger partial charge in [-0.15, -0.1) is 0 Å². The fraction of sp³-hybridized carbons (Fsp3) is 0.579. The number of alkyl halides is 3. The van der Waals surface area contributed by atoms with Crippen molar-refractivity contribution in [3.63, 3.8) is 0 Å². The number of nitrogens with zero attached hydrogens (tertiary/aromatic N) is 2. The highest BCUT2D eigenvalue weighted by molar-refractivity contribution is 5.69. The molecule has 0 spiro atoms. The van der Waals surface area contributed by atoms with Crippen molar-refractivity contribution in [2.75, 3.05) is 11.9 Å². The van der Waals surface area contributed by atoms with E-state index in [4.69, 9.17) is 10.00 Å². The van der Waals surface area contributed by atoms with Gasteiger partial charge in [0, 0.05) is 18.3 Å². The van der Waals surface area contributed by atoms with Gasteiger partial charge >= 0.3 is 12.3 Å². The molecule has 27 heavy (non-hydrogen) atoms. The van der Waals surface area contributed by atoms with Crippen molar-refractivity contribution in [1.82, 2.24) is 4.90 Å². The van der Waals surface area contributed by atoms with Gasteiger partial charge in [0.15, 0.2) is 0 Å². The van der Waals surface area contributed by atoms with E-state index in [1.165, 1.54) is 12.1 Å². The van der Waals surface area contributed by atoms with Gasteiger partial charge in [-0.3, -0.25) is 0 Å². The molecule has 2 aliphatic rings. The molecule has 3 atom stereocenters. The molecule has 8 heteroatoms. The first-order chi connectivity index (χ1) is 12.5. The van der Waals surface area contributed by atoms with Crippen LogP contribution in [0, 0.1) is 17.2 Å². The molecule has 5 nitrogen and oxygen atoms in total. The molecule has 0 radical (unpaired) electrons. The third-order valence-electron chi connectivity index (χ3n) is 4.91. The van der Waals surface area contributed by atoms with Crippen molar-refractivity contribution >= 4 is 11.8 Å². The van der Waals surface area contributed by atoms with E-state index in [1.54, 1.807) is 31.7 Å². The summed E-state index contributed by atoms with van der Waals surface area (Å²) in [5.41, 5.74) is -1.67. The maximum atomic E-state index is 13.2. The summed E-state index contributed by atoms with van der Waals surface area (Å²) in [6.45, 7) is 6.00. The molecule has 1 saturated carbocycles. The molecule has 2 bridgehead atoms. The molecule has 1 aromatic rings. The fourth-order valence-corrected chi connectivity index (χ4v) is 3.89. The number of carbonyl (C=O) groups excluding carboxylic acids is 1. The number of ether oxygens (including phenoxy) is 1. The predicted octanol–water partition coefficient (Wildman–Crippen LogP) is 4.39. The second-order valence-corrected chi connectivity index (χ2v) is 8.16. The van der Waals surface area contributed by atoms with Crippen LogP contribution in [0.3, 0.4) is 0 Å². The molecule has 1 aliphatic heterocycles. The Kier molecular flexibility index (Phi) is 4.74. The van der Waals surface area contributed by atoms with Gasteiger partial charge < -0.3 is 15.0 Å². The van der Waals surface area contributed by atoms with Crippen molar-refractivity contribution in [3.05, 3.63) is 29.3 Å². The maximum absolute atomic E-state index is 13.2. The summed E-state index contributed by atoms with van der Waals surface area (Å²) in [6.07, 6.45) is -3.40. The lowest BCUT2D eigenvalue weighted by Crippen LogP contribution is -2.49. The molecule has 3 unspecified atom stereocenters. The third-order valence-corrected chi connectivity index (χ3v) is 4.91. The summed E-state index contributed by atoms with van der Waals surface area (Å²) in [5.74, 6) is 0.306. The molecule has 2 fully saturated rings. The van der Waals surface area contributed by atoms with Crippen LogP contribution in [0.2, 0.25) is 0 Å². The standard InChI is InChI=1S/C19H22F3N3O2/c1-18(2,3)27-17(26)25-10-11-6-15(16(25)7-11)24-13-5-4-12(9-23)14(8-13)19(20,21)22/h4-5,8,11,15-16,24H,6-7,10H2,1-3H3. The van der Waals surface area contributed by atoms with E-state index < -0.39 is 29.0 Å². The Hall–Kier alpha value is -2.43. The summed E-state index contributed by atoms with van der Waals surface area (Å²) in [6, 6.07) is 4.91. The van der Waals surface area contributed by atoms with Crippen molar-refractivity contribution in [1.29, 1.82) is 5.26 Å². The monoisotopic (exact) mass is 381 g/mol. The van der Waals surface area contributed by atoms with E-state index >= 15 is 0 Å². The number of nitrogens with one attached hydrogen (secondary N) is 1. The lowest BCUT2D eigenvalue weighted by molar-refractivity contribution is -0.137. The number of halogens is 3. The van der Waals surface area contributed by atoms with E-state index in [1.807, 2.05) is 0 Å². The number of carbonyl (C=O) groups is 1. The van der Waals surface area contributed by atoms with E-state index in [2.05, 4.69) is 5.32 Å². The lowest BCUT2D eigenvalue weighted by Gasteiger charge is -2.35. The van der Waals surface area contributed by atoms with Gasteiger partial charge in [0.05, 0.1) is 23.2 Å². The van der Waals surface area contributed by atoms with Crippen molar-refractivity contribution in [3.8, 4) is 6.07 Å². The molecule has 1 saturated heterocycles. The van der Waals surface area contributed by atoms with Gasteiger partial charge in [0.2, 0.25) is 0 Å². The van der Waals surface area contributed by atoms with Crippen LogP contribution in [-0.4, -0.2) is 35.2 Å². The predicted molar refractivity (Wildman–Crippen MR) is 93.0 cm³/mol. The number of anilines is 1. The number of rotatable bonds is 2. The first-order valence-corrected chi connectivity index (χ1v) is 8.85. The van der Waals surface area contributed by atoms with Gasteiger partial charge in [-0.25, -0.2) is 4.79 Å². The van der Waals surface area contributed by atoms with Gasteiger partial charge in [0.1, 0.15) is 5.60 Å². The largest absolute Gasteiger partial charge is 0.444 e. The maximum Gasteiger partial charge on any atom is 0.417 e. The molecular weight excluding hydrogens is 359 g/mol. The molecule has 146 valence electrons. The molecule has 1 heterocycles. The topological polar surface area (TPSA) is 65.4 Å². The summed E-state index contributed by atoms with van der Waals surface area (Å²) in [7, 11) is 0. The Morgan fingerprint density at radius 1 is 1.30 bits per heavy atom. The normalized spacial score (nSPS) is 24.6. The number of hydrogen-bond acceptors (Lipinski definition) is 4. The van der Waals surface area contributed by atoms with Crippen LogP contribution in [-0.2, 0) is 10.9 Å². The minimum absolute atomic E-state index is 0.116. The van der Waals surface area contributed by atoms with E-state index in [-0.39, 0.29) is 12.1 Å². The number of amides is 1. The van der Waals surface area contributed by atoms with Crippen molar-refractivity contribution in [2.24, 2.45) is 5.92 Å². The summed E-state index contributed by atoms with van der Waals surface area (Å²) >= 11 is 0. The zero-order chi connectivity index (χ0) is 20.0. The Morgan fingerprint density at radius 2 is 2.00 bits per heavy atom. The minimum atomic E-state index is -4.60. The van der Waals surface area contributed by atoms with E-state index in [0.29, 0.717) is 18.2 Å². The first kappa shape index (κ1) is 19.3. The average molecular weight is 381 g/mol. The zero-order valence-electron chi connectivity index (χ0n) is 15.4. The number of fused-ring (bicyclic) bond motifs is 2. The van der Waals surface area contributed by atoms with Crippen LogP contribution in [0.25, 0.3) is 0 Å². The first-order valence-electron chi connectivity index (χ1n) is 8.85. The Morgan fingerprint density at radius 3 is 2.56 bits per heavy atom. The van der Waals surface area contributed by atoms with E-state index in [0.717, 1.165) is 18.9 Å². The fourth-order valence-electron chi connectivity index (χ4n) is 3.89. The highest BCUT2D eigenvalue weighted by Crippen LogP contribution is 2.40. The average Bonchev–Trinajstić information content (AvgIpc) is 3.12. The van der Waals surface area contributed by atoms with Gasteiger partial charge in [-0.05, 0) is 57.7 Å². The SMILES string of the molecule is CC(C)(C)OC(=O)N1CC2CC(Nc3ccc(C#N)c(C(F)(F)F)c3)C1C2. The Bertz CT molecular complexity index is 780. The second-order valence-electron chi connectivity index (χ2n) is 8.16. The number of piperidine rings is 1. The van der Waals surface area contributed by atoms with Crippen LogP contribution in [0.1, 0.15) is 44.7 Å². The van der Waals surface area contributed by atoms with Crippen LogP contribution in [0.4, 0.5) is 23.7 Å². The summed E-state index contributed by atoms with van der Waals surface area (Å²) in [4.78, 5) is 14.1. The van der Waals surface area contributed by atoms with Crippen molar-refractivity contribution in [2.45, 2.75) is 57.5 Å². The molecule has 0 aromatic heterocycles. The highest BCUT2D eigenvalue weighted by atomic mass is 19.4. The van der Waals surface area contributed by atoms with Crippen LogP contribution >= 0.6 is 0 Å². The number of benzene rings is 1. The van der Waals surface area contributed by atoms with Gasteiger partial charge in [-0.1, -0.05) is 0 Å². The molecule has 1 aliphatic carbocycles. The van der Waals surface area contributed by atoms with Crippen LogP contribution in [0.5, 0.6) is 0 Å². The number of nitriles is 1. The smallest absolute Gasteiger partial charge is 0.417 e. The second kappa shape index (κ2) is 6.63. The highest BCUT2D eigenvalue weighted by Gasteiger charge is 2.48. The Labute approximate surface area is 156 Å². The third kappa shape index (κ3) is 4.12. The van der Waals surface area contributed by atoms with Gasteiger partial charge in [0.25, 0.3) is 0 Å². The zero-order valence-corrected chi connectivity index (χ0v) is 15.4. The van der Waals surface area contributed by atoms with E-state index in [9.17, 15) is 18.0 Å². The van der Waals surface area contributed by atoms with Gasteiger partial charge in [-0.2, -0.15) is 18.4 Å². The molecule has 1 amide bonds. The number of hydrogen-bond donors (Lipinski definition) is 1. The summed E-state index contributed by atoms with van der Waals surface area (Å²) in [5, 5.41) is 12.0. The summed E-state index contributed by atoms with van der Waals surface area (Å²) < 4.78 is 44.9. The molecular formula is C19H22F3N3O2. The van der Waals surface area contributed by atoms with Crippen LogP contribution in [0.15, 0.2) is 18.2 Å². The number of likely N-dealkylation sites (tertiary alicyclic amines) is 1. The van der Waals surface area contributed by atoms with Crippen molar-refractivity contribution < 1.29 is 22.7 Å². The lowest BCUT2D eigenvalue weighted by atomic mass is 10.0.